The van der Waals surface area contributed by atoms with Crippen molar-refractivity contribution in [1.82, 2.24) is 15.0 Å². The second kappa shape index (κ2) is 5.88. The number of amides is 1. The molecule has 0 N–H and O–H groups in total. The third-order valence-corrected chi connectivity index (χ3v) is 5.33. The Morgan fingerprint density at radius 1 is 1.42 bits per heavy atom. The normalized spacial score (nSPS) is 22.4. The Labute approximate surface area is 146 Å². The Morgan fingerprint density at radius 2 is 2.25 bits per heavy atom. The number of carbonyl (C=O) groups is 1. The lowest BCUT2D eigenvalue weighted by atomic mass is 9.96. The number of rotatable bonds is 3. The van der Waals surface area contributed by atoms with E-state index in [9.17, 15) is 4.79 Å². The minimum absolute atomic E-state index is 0.116. The number of halogens is 1. The Bertz CT molecular complexity index is 769. The standard InChI is InChI=1S/C18H20ClN3O2/c1-18(7-8-18)17(23)22-9-3-5-13(11-22)16-20-15(21-24-16)12-4-2-6-14(19)10-12/h2,4,6,10,13H,3,5,7-9,11H2,1H3. The maximum atomic E-state index is 12.6. The van der Waals surface area contributed by atoms with Crippen molar-refractivity contribution >= 4 is 17.5 Å². The summed E-state index contributed by atoms with van der Waals surface area (Å²) in [5.74, 6) is 1.56. The smallest absolute Gasteiger partial charge is 0.231 e. The molecular weight excluding hydrogens is 326 g/mol. The van der Waals surface area contributed by atoms with E-state index < -0.39 is 0 Å². The molecule has 6 heteroatoms. The molecule has 1 aromatic heterocycles. The first-order chi connectivity index (χ1) is 11.5. The summed E-state index contributed by atoms with van der Waals surface area (Å²) in [6, 6.07) is 7.41. The molecule has 5 nitrogen and oxygen atoms in total. The Balaban J connectivity index is 1.51. The van der Waals surface area contributed by atoms with E-state index in [4.69, 9.17) is 16.1 Å². The molecule has 126 valence electrons. The number of aromatic nitrogens is 2. The summed E-state index contributed by atoms with van der Waals surface area (Å²) < 4.78 is 5.49. The molecule has 1 aliphatic heterocycles. The van der Waals surface area contributed by atoms with Crippen LogP contribution in [0, 0.1) is 5.41 Å². The van der Waals surface area contributed by atoms with Crippen molar-refractivity contribution in [2.24, 2.45) is 5.41 Å². The topological polar surface area (TPSA) is 59.2 Å². The van der Waals surface area contributed by atoms with Crippen molar-refractivity contribution in [3.05, 3.63) is 35.2 Å². The second-order valence-corrected chi connectivity index (χ2v) is 7.55. The van der Waals surface area contributed by atoms with Gasteiger partial charge in [-0.2, -0.15) is 4.98 Å². The zero-order valence-corrected chi connectivity index (χ0v) is 14.4. The molecular formula is C18H20ClN3O2. The van der Waals surface area contributed by atoms with E-state index in [-0.39, 0.29) is 17.2 Å². The zero-order valence-electron chi connectivity index (χ0n) is 13.7. The molecule has 4 rings (SSSR count). The van der Waals surface area contributed by atoms with E-state index in [0.717, 1.165) is 37.8 Å². The summed E-state index contributed by atoms with van der Waals surface area (Å²) in [6.07, 6.45) is 3.96. The lowest BCUT2D eigenvalue weighted by Crippen LogP contribution is -2.42. The summed E-state index contributed by atoms with van der Waals surface area (Å²) in [6.45, 7) is 3.56. The highest BCUT2D eigenvalue weighted by molar-refractivity contribution is 6.30. The van der Waals surface area contributed by atoms with Crippen LogP contribution in [0.4, 0.5) is 0 Å². The van der Waals surface area contributed by atoms with Crippen molar-refractivity contribution in [2.45, 2.75) is 38.5 Å². The summed E-state index contributed by atoms with van der Waals surface area (Å²) in [5.41, 5.74) is 0.717. The maximum Gasteiger partial charge on any atom is 0.231 e. The predicted octanol–water partition coefficient (Wildman–Crippen LogP) is 3.90. The molecule has 0 bridgehead atoms. The van der Waals surface area contributed by atoms with E-state index in [1.54, 1.807) is 0 Å². The van der Waals surface area contributed by atoms with Gasteiger partial charge in [0.05, 0.1) is 5.92 Å². The van der Waals surface area contributed by atoms with Gasteiger partial charge in [-0.3, -0.25) is 4.79 Å². The number of likely N-dealkylation sites (tertiary alicyclic amines) is 1. The van der Waals surface area contributed by atoms with Gasteiger partial charge in [-0.05, 0) is 37.8 Å². The van der Waals surface area contributed by atoms with Crippen molar-refractivity contribution in [2.75, 3.05) is 13.1 Å². The molecule has 0 radical (unpaired) electrons. The van der Waals surface area contributed by atoms with Gasteiger partial charge in [-0.25, -0.2) is 0 Å². The highest BCUT2D eigenvalue weighted by Crippen LogP contribution is 2.47. The van der Waals surface area contributed by atoms with Gasteiger partial charge < -0.3 is 9.42 Å². The van der Waals surface area contributed by atoms with E-state index in [0.29, 0.717) is 23.3 Å². The van der Waals surface area contributed by atoms with Crippen LogP contribution in [0.2, 0.25) is 5.02 Å². The van der Waals surface area contributed by atoms with Crippen molar-refractivity contribution in [1.29, 1.82) is 0 Å². The molecule has 2 heterocycles. The molecule has 1 saturated heterocycles. The zero-order chi connectivity index (χ0) is 16.7. The predicted molar refractivity (Wildman–Crippen MR) is 90.6 cm³/mol. The molecule has 1 amide bonds. The minimum atomic E-state index is -0.122. The number of hydrogen-bond donors (Lipinski definition) is 0. The number of nitrogens with zero attached hydrogens (tertiary/aromatic N) is 3. The number of carbonyl (C=O) groups excluding carboxylic acids is 1. The molecule has 24 heavy (non-hydrogen) atoms. The largest absolute Gasteiger partial charge is 0.341 e. The molecule has 2 aromatic rings. The van der Waals surface area contributed by atoms with Gasteiger partial charge in [0.25, 0.3) is 0 Å². The van der Waals surface area contributed by atoms with E-state index in [2.05, 4.69) is 17.1 Å². The van der Waals surface area contributed by atoms with Gasteiger partial charge in [0.15, 0.2) is 0 Å². The van der Waals surface area contributed by atoms with Gasteiger partial charge >= 0.3 is 0 Å². The Morgan fingerprint density at radius 3 is 3.00 bits per heavy atom. The number of piperidine rings is 1. The molecule has 0 spiro atoms. The first kappa shape index (κ1) is 15.6. The molecule has 1 aromatic carbocycles. The fourth-order valence-corrected chi connectivity index (χ4v) is 3.48. The van der Waals surface area contributed by atoms with E-state index >= 15 is 0 Å². The monoisotopic (exact) mass is 345 g/mol. The van der Waals surface area contributed by atoms with Crippen LogP contribution in [-0.4, -0.2) is 34.0 Å². The van der Waals surface area contributed by atoms with Crippen LogP contribution in [0.15, 0.2) is 28.8 Å². The van der Waals surface area contributed by atoms with Crippen LogP contribution in [0.5, 0.6) is 0 Å². The molecule has 2 fully saturated rings. The fourth-order valence-electron chi connectivity index (χ4n) is 3.29. The minimum Gasteiger partial charge on any atom is -0.341 e. The van der Waals surface area contributed by atoms with Crippen LogP contribution >= 0.6 is 11.6 Å². The first-order valence-electron chi connectivity index (χ1n) is 8.44. The van der Waals surface area contributed by atoms with Crippen LogP contribution in [0.3, 0.4) is 0 Å². The number of benzene rings is 1. The molecule has 2 aliphatic rings. The van der Waals surface area contributed by atoms with Crippen LogP contribution in [0.1, 0.15) is 44.4 Å². The summed E-state index contributed by atoms with van der Waals surface area (Å²) in [7, 11) is 0. The summed E-state index contributed by atoms with van der Waals surface area (Å²) in [5, 5.41) is 4.73. The van der Waals surface area contributed by atoms with Crippen LogP contribution in [0.25, 0.3) is 11.4 Å². The van der Waals surface area contributed by atoms with Crippen LogP contribution < -0.4 is 0 Å². The fraction of sp³-hybridized carbons (Fsp3) is 0.500. The average Bonchev–Trinajstić information content (AvgIpc) is 3.16. The Hall–Kier alpha value is -1.88. The van der Waals surface area contributed by atoms with Crippen molar-refractivity contribution in [3.8, 4) is 11.4 Å². The third-order valence-electron chi connectivity index (χ3n) is 5.10. The highest BCUT2D eigenvalue weighted by Gasteiger charge is 2.48. The molecule has 1 aliphatic carbocycles. The lowest BCUT2D eigenvalue weighted by Gasteiger charge is -2.33. The van der Waals surface area contributed by atoms with Gasteiger partial charge in [0.1, 0.15) is 0 Å². The maximum absolute atomic E-state index is 12.6. The van der Waals surface area contributed by atoms with Gasteiger partial charge in [0, 0.05) is 29.1 Å². The van der Waals surface area contributed by atoms with Crippen LogP contribution in [-0.2, 0) is 4.79 Å². The van der Waals surface area contributed by atoms with Crippen molar-refractivity contribution < 1.29 is 9.32 Å². The van der Waals surface area contributed by atoms with E-state index in [1.165, 1.54) is 0 Å². The molecule has 1 atom stereocenters. The first-order valence-corrected chi connectivity index (χ1v) is 8.82. The van der Waals surface area contributed by atoms with Gasteiger partial charge in [0.2, 0.25) is 17.6 Å². The quantitative estimate of drug-likeness (QED) is 0.846. The average molecular weight is 346 g/mol. The van der Waals surface area contributed by atoms with E-state index in [1.807, 2.05) is 29.2 Å². The third kappa shape index (κ3) is 2.93. The molecule has 1 unspecified atom stereocenters. The second-order valence-electron chi connectivity index (χ2n) is 7.12. The van der Waals surface area contributed by atoms with Crippen molar-refractivity contribution in [3.63, 3.8) is 0 Å². The summed E-state index contributed by atoms with van der Waals surface area (Å²) >= 11 is 6.02. The SMILES string of the molecule is CC1(C(=O)N2CCCC(c3nc(-c4cccc(Cl)c4)no3)C2)CC1. The number of hydrogen-bond acceptors (Lipinski definition) is 4. The summed E-state index contributed by atoms with van der Waals surface area (Å²) in [4.78, 5) is 19.1. The van der Waals surface area contributed by atoms with Gasteiger partial charge in [-0.1, -0.05) is 35.8 Å². The van der Waals surface area contributed by atoms with Gasteiger partial charge in [-0.15, -0.1) is 0 Å². The highest BCUT2D eigenvalue weighted by atomic mass is 35.5. The lowest BCUT2D eigenvalue weighted by molar-refractivity contribution is -0.137. The molecule has 1 saturated carbocycles. The Kier molecular flexibility index (Phi) is 3.83.